The van der Waals surface area contributed by atoms with Crippen molar-refractivity contribution >= 4 is 17.6 Å². The molecule has 0 unspecified atom stereocenters. The molecule has 1 aliphatic rings. The molecule has 0 bridgehead atoms. The van der Waals surface area contributed by atoms with Gasteiger partial charge in [-0.3, -0.25) is 4.79 Å². The Morgan fingerprint density at radius 2 is 2.25 bits per heavy atom. The summed E-state index contributed by atoms with van der Waals surface area (Å²) in [7, 11) is 1.80. The van der Waals surface area contributed by atoms with Crippen molar-refractivity contribution in [3.63, 3.8) is 0 Å². The van der Waals surface area contributed by atoms with Gasteiger partial charge in [0.25, 0.3) is 0 Å². The van der Waals surface area contributed by atoms with E-state index in [0.29, 0.717) is 11.5 Å². The molecule has 7 heteroatoms. The molecular formula is C13H12N4O3. The number of benzene rings is 1. The van der Waals surface area contributed by atoms with Gasteiger partial charge in [-0.1, -0.05) is 6.07 Å². The fourth-order valence-electron chi connectivity index (χ4n) is 2.26. The molecule has 102 valence electrons. The Morgan fingerprint density at radius 1 is 1.45 bits per heavy atom. The minimum atomic E-state index is -1.01. The monoisotopic (exact) mass is 272 g/mol. The van der Waals surface area contributed by atoms with Crippen LogP contribution >= 0.6 is 0 Å². The molecule has 0 spiro atoms. The number of carboxylic acids is 1. The summed E-state index contributed by atoms with van der Waals surface area (Å²) >= 11 is 0. The van der Waals surface area contributed by atoms with Crippen LogP contribution < -0.4 is 4.90 Å². The maximum absolute atomic E-state index is 12.1. The first kappa shape index (κ1) is 12.3. The molecular weight excluding hydrogens is 260 g/mol. The van der Waals surface area contributed by atoms with Crippen LogP contribution in [-0.2, 0) is 24.8 Å². The topological polar surface area (TPSA) is 88.3 Å². The Balaban J connectivity index is 1.98. The van der Waals surface area contributed by atoms with E-state index in [1.807, 2.05) is 0 Å². The van der Waals surface area contributed by atoms with Gasteiger partial charge < -0.3 is 14.6 Å². The van der Waals surface area contributed by atoms with Gasteiger partial charge in [0.15, 0.2) is 5.82 Å². The van der Waals surface area contributed by atoms with Crippen LogP contribution in [0, 0.1) is 0 Å². The number of hydrogen-bond donors (Lipinski definition) is 1. The number of hydrogen-bond acceptors (Lipinski definition) is 4. The van der Waals surface area contributed by atoms with E-state index in [4.69, 9.17) is 5.11 Å². The van der Waals surface area contributed by atoms with Crippen LogP contribution in [0.5, 0.6) is 0 Å². The normalized spacial score (nSPS) is 13.7. The van der Waals surface area contributed by atoms with Crippen molar-refractivity contribution in [3.8, 4) is 0 Å². The zero-order valence-electron chi connectivity index (χ0n) is 10.8. The molecule has 1 amide bonds. The van der Waals surface area contributed by atoms with Crippen molar-refractivity contribution in [2.45, 2.75) is 13.0 Å². The first-order chi connectivity index (χ1) is 9.56. The Labute approximate surface area is 114 Å². The Kier molecular flexibility index (Phi) is 2.74. The summed E-state index contributed by atoms with van der Waals surface area (Å²) in [4.78, 5) is 24.6. The Morgan fingerprint density at radius 3 is 2.90 bits per heavy atom. The highest BCUT2D eigenvalue weighted by molar-refractivity contribution is 6.02. The standard InChI is InChI=1S/C13H12N4O3/c1-16-7-14-15-11(16)6-17-10-4-9(13(19)20)3-2-8(10)5-12(17)18/h2-4,7H,5-6H2,1H3,(H,19,20). The van der Waals surface area contributed by atoms with Crippen molar-refractivity contribution in [2.24, 2.45) is 7.05 Å². The van der Waals surface area contributed by atoms with Gasteiger partial charge in [-0.25, -0.2) is 4.79 Å². The van der Waals surface area contributed by atoms with E-state index in [1.165, 1.54) is 12.1 Å². The quantitative estimate of drug-likeness (QED) is 0.884. The number of aryl methyl sites for hydroxylation is 1. The van der Waals surface area contributed by atoms with Gasteiger partial charge in [-0.05, 0) is 17.7 Å². The van der Waals surface area contributed by atoms with Gasteiger partial charge in [0.1, 0.15) is 6.33 Å². The second kappa shape index (κ2) is 4.44. The molecule has 2 aromatic rings. The highest BCUT2D eigenvalue weighted by atomic mass is 16.4. The maximum Gasteiger partial charge on any atom is 0.335 e. The molecule has 7 nitrogen and oxygen atoms in total. The van der Waals surface area contributed by atoms with Gasteiger partial charge in [-0.2, -0.15) is 0 Å². The van der Waals surface area contributed by atoms with Crippen LogP contribution in [0.15, 0.2) is 24.5 Å². The number of nitrogens with zero attached hydrogens (tertiary/aromatic N) is 4. The van der Waals surface area contributed by atoms with Crippen LogP contribution in [0.25, 0.3) is 0 Å². The Bertz CT molecular complexity index is 707. The van der Waals surface area contributed by atoms with Crippen molar-refractivity contribution in [2.75, 3.05) is 4.90 Å². The van der Waals surface area contributed by atoms with E-state index in [2.05, 4.69) is 10.2 Å². The molecule has 20 heavy (non-hydrogen) atoms. The van der Waals surface area contributed by atoms with Gasteiger partial charge in [0.05, 0.1) is 18.5 Å². The first-order valence-electron chi connectivity index (χ1n) is 6.05. The first-order valence-corrected chi connectivity index (χ1v) is 6.05. The zero-order chi connectivity index (χ0) is 14.3. The van der Waals surface area contributed by atoms with Gasteiger partial charge in [0, 0.05) is 12.7 Å². The molecule has 1 aromatic carbocycles. The van der Waals surface area contributed by atoms with E-state index < -0.39 is 5.97 Å². The summed E-state index contributed by atoms with van der Waals surface area (Å²) < 4.78 is 1.73. The third-order valence-corrected chi connectivity index (χ3v) is 3.37. The van der Waals surface area contributed by atoms with Crippen molar-refractivity contribution in [1.82, 2.24) is 14.8 Å². The number of rotatable bonds is 3. The van der Waals surface area contributed by atoms with Crippen molar-refractivity contribution < 1.29 is 14.7 Å². The number of carboxylic acid groups (broad SMARTS) is 1. The summed E-state index contributed by atoms with van der Waals surface area (Å²) in [5.74, 6) is -0.428. The number of aromatic nitrogens is 3. The summed E-state index contributed by atoms with van der Waals surface area (Å²) in [5.41, 5.74) is 1.64. The summed E-state index contributed by atoms with van der Waals surface area (Å²) in [6.07, 6.45) is 1.84. The second-order valence-corrected chi connectivity index (χ2v) is 4.66. The summed E-state index contributed by atoms with van der Waals surface area (Å²) in [6.45, 7) is 0.283. The molecule has 2 heterocycles. The van der Waals surface area contributed by atoms with Gasteiger partial charge >= 0.3 is 5.97 Å². The predicted molar refractivity (Wildman–Crippen MR) is 69.3 cm³/mol. The molecule has 1 aliphatic heterocycles. The average molecular weight is 272 g/mol. The van der Waals surface area contributed by atoms with E-state index >= 15 is 0 Å². The molecule has 0 fully saturated rings. The molecule has 3 rings (SSSR count). The van der Waals surface area contributed by atoms with Crippen LogP contribution in [0.2, 0.25) is 0 Å². The molecule has 0 aliphatic carbocycles. The predicted octanol–water partition coefficient (Wildman–Crippen LogP) is 0.603. The highest BCUT2D eigenvalue weighted by Gasteiger charge is 2.29. The number of aromatic carboxylic acids is 1. The molecule has 0 atom stereocenters. The van der Waals surface area contributed by atoms with E-state index in [1.54, 1.807) is 28.9 Å². The van der Waals surface area contributed by atoms with Gasteiger partial charge in [0.2, 0.25) is 5.91 Å². The molecule has 0 saturated carbocycles. The lowest BCUT2D eigenvalue weighted by Crippen LogP contribution is -2.27. The van der Waals surface area contributed by atoms with Crippen LogP contribution in [0.1, 0.15) is 21.7 Å². The second-order valence-electron chi connectivity index (χ2n) is 4.66. The van der Waals surface area contributed by atoms with E-state index in [0.717, 1.165) is 5.56 Å². The molecule has 0 radical (unpaired) electrons. The van der Waals surface area contributed by atoms with Crippen LogP contribution in [0.4, 0.5) is 5.69 Å². The van der Waals surface area contributed by atoms with Crippen LogP contribution in [-0.4, -0.2) is 31.7 Å². The lowest BCUT2D eigenvalue weighted by atomic mass is 10.1. The number of carbonyl (C=O) groups is 2. The van der Waals surface area contributed by atoms with Crippen molar-refractivity contribution in [3.05, 3.63) is 41.5 Å². The lowest BCUT2D eigenvalue weighted by Gasteiger charge is -2.17. The molecule has 0 saturated heterocycles. The van der Waals surface area contributed by atoms with Crippen molar-refractivity contribution in [1.29, 1.82) is 0 Å². The van der Waals surface area contributed by atoms with E-state index in [-0.39, 0.29) is 24.4 Å². The number of anilines is 1. The number of amides is 1. The molecule has 1 N–H and O–H groups in total. The zero-order valence-corrected chi connectivity index (χ0v) is 10.8. The number of carbonyl (C=O) groups excluding carboxylic acids is 1. The summed E-state index contributed by atoms with van der Waals surface area (Å²) in [5, 5.41) is 16.8. The third-order valence-electron chi connectivity index (χ3n) is 3.37. The highest BCUT2D eigenvalue weighted by Crippen LogP contribution is 2.31. The third kappa shape index (κ3) is 1.93. The minimum absolute atomic E-state index is 0.0643. The largest absolute Gasteiger partial charge is 0.478 e. The molecule has 1 aromatic heterocycles. The van der Waals surface area contributed by atoms with Crippen LogP contribution in [0.3, 0.4) is 0 Å². The summed E-state index contributed by atoms with van der Waals surface area (Å²) in [6, 6.07) is 4.73. The SMILES string of the molecule is Cn1cnnc1CN1C(=O)Cc2ccc(C(=O)O)cc21. The Hall–Kier alpha value is -2.70. The smallest absolute Gasteiger partial charge is 0.335 e. The fraction of sp³-hybridized carbons (Fsp3) is 0.231. The lowest BCUT2D eigenvalue weighted by molar-refractivity contribution is -0.117. The number of fused-ring (bicyclic) bond motifs is 1. The minimum Gasteiger partial charge on any atom is -0.478 e. The fourth-order valence-corrected chi connectivity index (χ4v) is 2.26. The maximum atomic E-state index is 12.1. The van der Waals surface area contributed by atoms with E-state index in [9.17, 15) is 9.59 Å². The average Bonchev–Trinajstić information content (AvgIpc) is 2.94. The van der Waals surface area contributed by atoms with Gasteiger partial charge in [-0.15, -0.1) is 10.2 Å².